The second-order valence-electron chi connectivity index (χ2n) is 8.89. The number of hydrogen-bond acceptors (Lipinski definition) is 7. The van der Waals surface area contributed by atoms with Gasteiger partial charge >= 0.3 is 11.8 Å². The Labute approximate surface area is 252 Å². The number of amides is 2. The minimum atomic E-state index is -3.94. The molecule has 4 rings (SSSR count). The number of rotatable bonds is 11. The molecule has 0 saturated carbocycles. The summed E-state index contributed by atoms with van der Waals surface area (Å²) in [6, 6.07) is 22.9. The van der Waals surface area contributed by atoms with Gasteiger partial charge < -0.3 is 14.5 Å². The van der Waals surface area contributed by atoms with Crippen LogP contribution in [0.5, 0.6) is 5.75 Å². The summed E-state index contributed by atoms with van der Waals surface area (Å²) in [7, 11) is -2.39. The van der Waals surface area contributed by atoms with Gasteiger partial charge in [-0.2, -0.15) is 9.41 Å². The van der Waals surface area contributed by atoms with Crippen molar-refractivity contribution in [3.8, 4) is 5.75 Å². The second kappa shape index (κ2) is 14.1. The van der Waals surface area contributed by atoms with Crippen LogP contribution in [0.15, 0.2) is 99.3 Å². The zero-order chi connectivity index (χ0) is 30.1. The Bertz CT molecular complexity index is 1660. The number of nitrogens with zero attached hydrogens (tertiary/aromatic N) is 2. The summed E-state index contributed by atoms with van der Waals surface area (Å²) in [6.45, 7) is 0.0997. The highest BCUT2D eigenvalue weighted by molar-refractivity contribution is 7.89. The van der Waals surface area contributed by atoms with Crippen LogP contribution < -0.4 is 15.5 Å². The van der Waals surface area contributed by atoms with Crippen LogP contribution >= 0.6 is 23.2 Å². The SMILES string of the molecule is COc1ccc(CNC(=O)C(=O)N/N=C/c2ccc(CN(Cc3ccc(Cl)cc3)S(=O)(=O)c3ccc(Cl)cc3)o2)cc1. The van der Waals surface area contributed by atoms with E-state index in [0.29, 0.717) is 21.6 Å². The van der Waals surface area contributed by atoms with Crippen LogP contribution in [-0.4, -0.2) is 37.9 Å². The van der Waals surface area contributed by atoms with Gasteiger partial charge in [-0.05, 0) is 71.8 Å². The number of halogens is 2. The number of furan rings is 1. The Morgan fingerprint density at radius 2 is 1.48 bits per heavy atom. The van der Waals surface area contributed by atoms with E-state index < -0.39 is 21.8 Å². The lowest BCUT2D eigenvalue weighted by Crippen LogP contribution is -2.37. The molecule has 0 aliphatic heterocycles. The van der Waals surface area contributed by atoms with Crippen molar-refractivity contribution in [1.82, 2.24) is 15.0 Å². The first kappa shape index (κ1) is 30.8. The molecule has 4 aromatic rings. The van der Waals surface area contributed by atoms with E-state index in [4.69, 9.17) is 32.4 Å². The summed E-state index contributed by atoms with van der Waals surface area (Å²) in [5.74, 6) is -0.593. The number of hydrogen-bond donors (Lipinski definition) is 2. The van der Waals surface area contributed by atoms with Gasteiger partial charge in [0.05, 0.1) is 24.8 Å². The Balaban J connectivity index is 1.39. The van der Waals surface area contributed by atoms with Gasteiger partial charge in [0, 0.05) is 23.1 Å². The summed E-state index contributed by atoms with van der Waals surface area (Å²) in [5, 5.41) is 7.20. The second-order valence-corrected chi connectivity index (χ2v) is 11.7. The molecule has 0 bridgehead atoms. The van der Waals surface area contributed by atoms with Gasteiger partial charge in [-0.15, -0.1) is 0 Å². The van der Waals surface area contributed by atoms with E-state index in [-0.39, 0.29) is 30.3 Å². The molecule has 1 heterocycles. The fraction of sp³-hybridized carbons (Fsp3) is 0.138. The number of sulfonamides is 1. The van der Waals surface area contributed by atoms with Crippen LogP contribution in [0.2, 0.25) is 10.0 Å². The average molecular weight is 630 g/mol. The standard InChI is InChI=1S/C29H26Cl2N4O6S/c1-40-24-10-4-20(5-11-24)16-32-28(36)29(37)34-33-17-25-12-13-26(41-25)19-35(18-21-2-6-22(30)7-3-21)42(38,39)27-14-8-23(31)9-15-27/h2-15,17H,16,18-19H2,1H3,(H,32,36)(H,34,37)/b33-17+. The van der Waals surface area contributed by atoms with Crippen LogP contribution in [0.3, 0.4) is 0 Å². The van der Waals surface area contributed by atoms with Crippen molar-refractivity contribution in [1.29, 1.82) is 0 Å². The Morgan fingerprint density at radius 1 is 0.857 bits per heavy atom. The number of ether oxygens (including phenoxy) is 1. The maximum Gasteiger partial charge on any atom is 0.329 e. The molecule has 0 unspecified atom stereocenters. The zero-order valence-electron chi connectivity index (χ0n) is 22.3. The van der Waals surface area contributed by atoms with Crippen molar-refractivity contribution in [3.05, 3.63) is 118 Å². The van der Waals surface area contributed by atoms with Crippen LogP contribution in [0.25, 0.3) is 0 Å². The topological polar surface area (TPSA) is 130 Å². The third kappa shape index (κ3) is 8.43. The van der Waals surface area contributed by atoms with Gasteiger partial charge in [-0.1, -0.05) is 47.5 Å². The minimum absolute atomic E-state index is 0.0495. The molecule has 0 aliphatic rings. The fourth-order valence-corrected chi connectivity index (χ4v) is 5.36. The number of nitrogens with one attached hydrogen (secondary N) is 2. The lowest BCUT2D eigenvalue weighted by Gasteiger charge is -2.21. The fourth-order valence-electron chi connectivity index (χ4n) is 3.71. The van der Waals surface area contributed by atoms with Gasteiger partial charge in [0.2, 0.25) is 10.0 Å². The van der Waals surface area contributed by atoms with Gasteiger partial charge in [0.1, 0.15) is 17.3 Å². The quantitative estimate of drug-likeness (QED) is 0.140. The molecule has 1 aromatic heterocycles. The molecule has 42 heavy (non-hydrogen) atoms. The van der Waals surface area contributed by atoms with Crippen molar-refractivity contribution in [2.45, 2.75) is 24.5 Å². The molecule has 0 radical (unpaired) electrons. The lowest BCUT2D eigenvalue weighted by atomic mass is 10.2. The van der Waals surface area contributed by atoms with Crippen LogP contribution in [0, 0.1) is 0 Å². The predicted molar refractivity (Wildman–Crippen MR) is 159 cm³/mol. The van der Waals surface area contributed by atoms with Crippen molar-refractivity contribution < 1.29 is 27.2 Å². The number of carbonyl (C=O) groups is 2. The molecule has 2 amide bonds. The van der Waals surface area contributed by atoms with E-state index in [0.717, 1.165) is 11.1 Å². The number of benzene rings is 3. The molecular formula is C29H26Cl2N4O6S. The first-order chi connectivity index (χ1) is 20.1. The van der Waals surface area contributed by atoms with E-state index in [2.05, 4.69) is 15.8 Å². The summed E-state index contributed by atoms with van der Waals surface area (Å²) in [5.41, 5.74) is 3.64. The largest absolute Gasteiger partial charge is 0.497 e. The molecule has 10 nitrogen and oxygen atoms in total. The van der Waals surface area contributed by atoms with Crippen molar-refractivity contribution in [2.24, 2.45) is 5.10 Å². The Morgan fingerprint density at radius 3 is 2.12 bits per heavy atom. The van der Waals surface area contributed by atoms with E-state index >= 15 is 0 Å². The summed E-state index contributed by atoms with van der Waals surface area (Å²) < 4.78 is 39.1. The lowest BCUT2D eigenvalue weighted by molar-refractivity contribution is -0.139. The van der Waals surface area contributed by atoms with Crippen molar-refractivity contribution in [2.75, 3.05) is 7.11 Å². The third-order valence-corrected chi connectivity index (χ3v) is 8.22. The smallest absolute Gasteiger partial charge is 0.329 e. The highest BCUT2D eigenvalue weighted by Gasteiger charge is 2.26. The predicted octanol–water partition coefficient (Wildman–Crippen LogP) is 4.75. The molecule has 13 heteroatoms. The van der Waals surface area contributed by atoms with Crippen molar-refractivity contribution >= 4 is 51.3 Å². The summed E-state index contributed by atoms with van der Waals surface area (Å²) >= 11 is 11.9. The van der Waals surface area contributed by atoms with Gasteiger partial charge in [0.25, 0.3) is 0 Å². The van der Waals surface area contributed by atoms with Crippen LogP contribution in [0.1, 0.15) is 22.6 Å². The number of carbonyl (C=O) groups excluding carboxylic acids is 2. The Kier molecular flexibility index (Phi) is 10.4. The number of hydrazone groups is 1. The van der Waals surface area contributed by atoms with Crippen molar-refractivity contribution in [3.63, 3.8) is 0 Å². The maximum absolute atomic E-state index is 13.5. The minimum Gasteiger partial charge on any atom is -0.497 e. The summed E-state index contributed by atoms with van der Waals surface area (Å²) in [4.78, 5) is 24.2. The molecule has 0 atom stereocenters. The molecule has 0 spiro atoms. The first-order valence-corrected chi connectivity index (χ1v) is 14.7. The zero-order valence-corrected chi connectivity index (χ0v) is 24.6. The monoisotopic (exact) mass is 628 g/mol. The Hall–Kier alpha value is -4.16. The van der Waals surface area contributed by atoms with Gasteiger partial charge in [-0.3, -0.25) is 9.59 Å². The molecule has 2 N–H and O–H groups in total. The van der Waals surface area contributed by atoms with Gasteiger partial charge in [-0.25, -0.2) is 13.8 Å². The highest BCUT2D eigenvalue weighted by atomic mass is 35.5. The van der Waals surface area contributed by atoms with Crippen LogP contribution in [0.4, 0.5) is 0 Å². The normalized spacial score (nSPS) is 11.5. The molecule has 0 aliphatic carbocycles. The molecule has 0 saturated heterocycles. The van der Waals surface area contributed by atoms with E-state index in [1.807, 2.05) is 0 Å². The molecule has 0 fully saturated rings. The van der Waals surface area contributed by atoms with Crippen LogP contribution in [-0.2, 0) is 39.2 Å². The van der Waals surface area contributed by atoms with Gasteiger partial charge in [0.15, 0.2) is 0 Å². The van der Waals surface area contributed by atoms with E-state index in [1.54, 1.807) is 67.8 Å². The highest BCUT2D eigenvalue weighted by Crippen LogP contribution is 2.24. The maximum atomic E-state index is 13.5. The summed E-state index contributed by atoms with van der Waals surface area (Å²) in [6.07, 6.45) is 1.20. The van der Waals surface area contributed by atoms with E-state index in [9.17, 15) is 18.0 Å². The third-order valence-electron chi connectivity index (χ3n) is 5.91. The first-order valence-electron chi connectivity index (χ1n) is 12.5. The molecule has 3 aromatic carbocycles. The molecular weight excluding hydrogens is 603 g/mol. The molecule has 218 valence electrons. The van der Waals surface area contributed by atoms with E-state index in [1.165, 1.54) is 34.8 Å². The average Bonchev–Trinajstić information content (AvgIpc) is 3.44. The number of methoxy groups -OCH3 is 1.